The van der Waals surface area contributed by atoms with E-state index in [0.717, 1.165) is 11.3 Å². The topological polar surface area (TPSA) is 79.8 Å². The van der Waals surface area contributed by atoms with Crippen LogP contribution in [0.1, 0.15) is 19.4 Å². The number of hydrogen-bond acceptors (Lipinski definition) is 4. The molecule has 6 nitrogen and oxygen atoms in total. The maximum absolute atomic E-state index is 11.2. The maximum Gasteiger partial charge on any atom is 0.329 e. The van der Waals surface area contributed by atoms with Crippen molar-refractivity contribution in [1.29, 1.82) is 0 Å². The lowest BCUT2D eigenvalue weighted by molar-refractivity contribution is -0.139. The van der Waals surface area contributed by atoms with Gasteiger partial charge in [-0.2, -0.15) is 5.10 Å². The van der Waals surface area contributed by atoms with E-state index in [0.29, 0.717) is 13.2 Å². The third-order valence-electron chi connectivity index (χ3n) is 2.11. The molecule has 0 saturated heterocycles. The highest BCUT2D eigenvalue weighted by Crippen LogP contribution is 2.10. The first-order chi connectivity index (χ1) is 9.17. The van der Waals surface area contributed by atoms with E-state index in [1.54, 1.807) is 31.2 Å². The molecule has 0 atom stereocenters. The first-order valence-corrected chi connectivity index (χ1v) is 6.01. The lowest BCUT2D eigenvalue weighted by atomic mass is 10.2. The summed E-state index contributed by atoms with van der Waals surface area (Å²) in [5.41, 5.74) is 2.93. The van der Waals surface area contributed by atoms with Crippen LogP contribution in [0.25, 0.3) is 0 Å². The zero-order chi connectivity index (χ0) is 14.1. The quantitative estimate of drug-likeness (QED) is 0.465. The van der Waals surface area contributed by atoms with Crippen LogP contribution in [0.2, 0.25) is 0 Å². The summed E-state index contributed by atoms with van der Waals surface area (Å²) in [4.78, 5) is 22.3. The van der Waals surface area contributed by atoms with Crippen LogP contribution in [0.3, 0.4) is 0 Å². The molecule has 1 aromatic carbocycles. The second-order valence-corrected chi connectivity index (χ2v) is 3.56. The normalized spacial score (nSPS) is 10.2. The van der Waals surface area contributed by atoms with Gasteiger partial charge < -0.3 is 10.1 Å². The molecule has 0 bridgehead atoms. The average Bonchev–Trinajstić information content (AvgIpc) is 2.41. The number of nitrogens with one attached hydrogen (secondary N) is 2. The highest BCUT2D eigenvalue weighted by Gasteiger charge is 2.09. The summed E-state index contributed by atoms with van der Waals surface area (Å²) in [5.74, 6) is -0.721. The number of benzene rings is 1. The summed E-state index contributed by atoms with van der Waals surface area (Å²) < 4.78 is 5.29. The Morgan fingerprint density at radius 3 is 2.47 bits per heavy atom. The maximum atomic E-state index is 11.2. The lowest BCUT2D eigenvalue weighted by Gasteiger charge is -2.02. The fourth-order valence-electron chi connectivity index (χ4n) is 1.27. The van der Waals surface area contributed by atoms with Crippen molar-refractivity contribution in [2.24, 2.45) is 5.10 Å². The third-order valence-corrected chi connectivity index (χ3v) is 2.11. The van der Waals surface area contributed by atoms with Crippen LogP contribution < -0.4 is 15.5 Å². The number of hydrazone groups is 1. The Morgan fingerprint density at radius 2 is 1.89 bits per heavy atom. The molecule has 0 aliphatic heterocycles. The number of hydrogen-bond donors (Lipinski definition) is 2. The number of nitrogens with zero attached hydrogens (tertiary/aromatic N) is 1. The van der Waals surface area contributed by atoms with E-state index in [1.807, 2.05) is 6.92 Å². The number of ether oxygens (including phenoxy) is 1. The standard InChI is InChI=1S/C13H17N3O3/c1-3-14-12(17)13(18)16-15-9-10-5-7-11(8-6-10)19-4-2/h5-9H,3-4H2,1-2H3,(H,14,17)(H,16,18)/b15-9+. The summed E-state index contributed by atoms with van der Waals surface area (Å²) >= 11 is 0. The summed E-state index contributed by atoms with van der Waals surface area (Å²) in [7, 11) is 0. The molecule has 0 heterocycles. The van der Waals surface area contributed by atoms with Crippen LogP contribution >= 0.6 is 0 Å². The Balaban J connectivity index is 2.48. The molecular weight excluding hydrogens is 246 g/mol. The van der Waals surface area contributed by atoms with E-state index in [4.69, 9.17) is 4.74 Å². The summed E-state index contributed by atoms with van der Waals surface area (Å²) in [5, 5.41) is 6.07. The smallest absolute Gasteiger partial charge is 0.329 e. The van der Waals surface area contributed by atoms with E-state index in [2.05, 4.69) is 15.8 Å². The summed E-state index contributed by atoms with van der Waals surface area (Å²) in [6, 6.07) is 7.20. The second kappa shape index (κ2) is 7.86. The van der Waals surface area contributed by atoms with Crippen LogP contribution in [0, 0.1) is 0 Å². The molecule has 2 N–H and O–H groups in total. The molecular formula is C13H17N3O3. The van der Waals surface area contributed by atoms with Crippen molar-refractivity contribution in [3.63, 3.8) is 0 Å². The Labute approximate surface area is 111 Å². The predicted molar refractivity (Wildman–Crippen MR) is 72.0 cm³/mol. The summed E-state index contributed by atoms with van der Waals surface area (Å²) in [6.45, 7) is 4.64. The van der Waals surface area contributed by atoms with Gasteiger partial charge in [-0.15, -0.1) is 0 Å². The average molecular weight is 263 g/mol. The van der Waals surface area contributed by atoms with Crippen molar-refractivity contribution in [3.05, 3.63) is 29.8 Å². The van der Waals surface area contributed by atoms with Crippen molar-refractivity contribution in [2.45, 2.75) is 13.8 Å². The van der Waals surface area contributed by atoms with Crippen molar-refractivity contribution >= 4 is 18.0 Å². The Morgan fingerprint density at radius 1 is 1.21 bits per heavy atom. The van der Waals surface area contributed by atoms with Gasteiger partial charge in [0, 0.05) is 6.54 Å². The number of carbonyl (C=O) groups is 2. The van der Waals surface area contributed by atoms with E-state index < -0.39 is 11.8 Å². The first kappa shape index (κ1) is 14.7. The van der Waals surface area contributed by atoms with Gasteiger partial charge >= 0.3 is 11.8 Å². The number of amides is 2. The van der Waals surface area contributed by atoms with Gasteiger partial charge in [0.2, 0.25) is 0 Å². The van der Waals surface area contributed by atoms with Crippen molar-refractivity contribution < 1.29 is 14.3 Å². The summed E-state index contributed by atoms with van der Waals surface area (Å²) in [6.07, 6.45) is 1.45. The molecule has 0 aliphatic carbocycles. The van der Waals surface area contributed by atoms with E-state index >= 15 is 0 Å². The minimum absolute atomic E-state index is 0.398. The molecule has 0 unspecified atom stereocenters. The van der Waals surface area contributed by atoms with E-state index in [9.17, 15) is 9.59 Å². The molecule has 0 radical (unpaired) electrons. The lowest BCUT2D eigenvalue weighted by Crippen LogP contribution is -2.37. The van der Waals surface area contributed by atoms with Gasteiger partial charge in [-0.3, -0.25) is 9.59 Å². The first-order valence-electron chi connectivity index (χ1n) is 6.01. The monoisotopic (exact) mass is 263 g/mol. The molecule has 6 heteroatoms. The number of rotatable bonds is 5. The number of likely N-dealkylation sites (N-methyl/N-ethyl adjacent to an activating group) is 1. The van der Waals surface area contributed by atoms with Gasteiger partial charge in [0.15, 0.2) is 0 Å². The Bertz CT molecular complexity index is 455. The number of carbonyl (C=O) groups excluding carboxylic acids is 2. The zero-order valence-electron chi connectivity index (χ0n) is 11.0. The zero-order valence-corrected chi connectivity index (χ0v) is 11.0. The fraction of sp³-hybridized carbons (Fsp3) is 0.308. The van der Waals surface area contributed by atoms with Crippen molar-refractivity contribution in [2.75, 3.05) is 13.2 Å². The Kier molecular flexibility index (Phi) is 6.08. The predicted octanol–water partition coefficient (Wildman–Crippen LogP) is 0.672. The van der Waals surface area contributed by atoms with Crippen molar-refractivity contribution in [3.8, 4) is 5.75 Å². The van der Waals surface area contributed by atoms with Crippen LogP contribution in [0.4, 0.5) is 0 Å². The highest BCUT2D eigenvalue weighted by atomic mass is 16.5. The van der Waals surface area contributed by atoms with Gasteiger partial charge in [0.05, 0.1) is 12.8 Å². The fourth-order valence-corrected chi connectivity index (χ4v) is 1.27. The van der Waals surface area contributed by atoms with Crippen LogP contribution in [-0.2, 0) is 9.59 Å². The van der Waals surface area contributed by atoms with Crippen LogP contribution in [0.15, 0.2) is 29.4 Å². The molecule has 0 spiro atoms. The molecule has 2 amide bonds. The van der Waals surface area contributed by atoms with Gasteiger partial charge in [-0.05, 0) is 43.7 Å². The van der Waals surface area contributed by atoms with E-state index in [1.165, 1.54) is 6.21 Å². The van der Waals surface area contributed by atoms with Crippen LogP contribution in [0.5, 0.6) is 5.75 Å². The molecule has 1 rings (SSSR count). The highest BCUT2D eigenvalue weighted by molar-refractivity contribution is 6.35. The van der Waals surface area contributed by atoms with Crippen molar-refractivity contribution in [1.82, 2.24) is 10.7 Å². The molecule has 0 saturated carbocycles. The van der Waals surface area contributed by atoms with Gasteiger partial charge in [0.25, 0.3) is 0 Å². The molecule has 102 valence electrons. The molecule has 0 aromatic heterocycles. The molecule has 0 fully saturated rings. The minimum atomic E-state index is -0.788. The third kappa shape index (κ3) is 5.20. The van der Waals surface area contributed by atoms with E-state index in [-0.39, 0.29) is 0 Å². The second-order valence-electron chi connectivity index (χ2n) is 3.56. The van der Waals surface area contributed by atoms with Gasteiger partial charge in [-0.25, -0.2) is 5.43 Å². The minimum Gasteiger partial charge on any atom is -0.494 e. The molecule has 0 aliphatic rings. The Hall–Kier alpha value is -2.37. The molecule has 1 aromatic rings. The molecule has 19 heavy (non-hydrogen) atoms. The van der Waals surface area contributed by atoms with Crippen LogP contribution in [-0.4, -0.2) is 31.2 Å². The largest absolute Gasteiger partial charge is 0.494 e. The van der Waals surface area contributed by atoms with Gasteiger partial charge in [-0.1, -0.05) is 0 Å². The SMILES string of the molecule is CCNC(=O)C(=O)N/N=C/c1ccc(OCC)cc1. The van der Waals surface area contributed by atoms with Gasteiger partial charge in [0.1, 0.15) is 5.75 Å².